The summed E-state index contributed by atoms with van der Waals surface area (Å²) in [7, 11) is 3.69. The van der Waals surface area contributed by atoms with Crippen molar-refractivity contribution in [2.24, 2.45) is 0 Å². The average molecular weight is 365 g/mol. The summed E-state index contributed by atoms with van der Waals surface area (Å²) in [6, 6.07) is 13.9. The molecular weight excluding hydrogens is 337 g/mol. The summed E-state index contributed by atoms with van der Waals surface area (Å²) in [5.41, 5.74) is 4.56. The number of hydrogen-bond acceptors (Lipinski definition) is 2. The van der Waals surface area contributed by atoms with Crippen molar-refractivity contribution in [1.29, 1.82) is 0 Å². The van der Waals surface area contributed by atoms with Crippen molar-refractivity contribution >= 4 is 5.69 Å². The quantitative estimate of drug-likeness (QED) is 0.593. The lowest BCUT2D eigenvalue weighted by Crippen LogP contribution is -2.19. The van der Waals surface area contributed by atoms with Crippen LogP contribution in [0.4, 0.5) is 10.1 Å². The van der Waals surface area contributed by atoms with Crippen LogP contribution in [0.25, 0.3) is 5.69 Å². The summed E-state index contributed by atoms with van der Waals surface area (Å²) >= 11 is 0. The Labute approximate surface area is 161 Å². The van der Waals surface area contributed by atoms with Gasteiger partial charge in [-0.15, -0.1) is 0 Å². The maximum absolute atomic E-state index is 14.5. The van der Waals surface area contributed by atoms with Gasteiger partial charge in [0, 0.05) is 31.3 Å². The molecule has 0 aliphatic heterocycles. The van der Waals surface area contributed by atoms with Crippen LogP contribution in [0.15, 0.2) is 54.9 Å². The fraction of sp³-hybridized carbons (Fsp3) is 0.348. The molecule has 1 heterocycles. The number of rotatable bonds is 5. The lowest BCUT2D eigenvalue weighted by atomic mass is 9.79. The van der Waals surface area contributed by atoms with E-state index >= 15 is 0 Å². The molecule has 1 aromatic heterocycles. The first kappa shape index (κ1) is 19.2. The molecule has 0 unspecified atom stereocenters. The first-order valence-corrected chi connectivity index (χ1v) is 9.33. The molecule has 27 heavy (non-hydrogen) atoms. The van der Waals surface area contributed by atoms with E-state index in [0.717, 1.165) is 16.8 Å². The van der Waals surface area contributed by atoms with E-state index in [9.17, 15) is 4.39 Å². The van der Waals surface area contributed by atoms with E-state index in [0.29, 0.717) is 11.6 Å². The van der Waals surface area contributed by atoms with Gasteiger partial charge in [0.25, 0.3) is 0 Å². The highest BCUT2D eigenvalue weighted by Gasteiger charge is 2.26. The molecule has 0 atom stereocenters. The van der Waals surface area contributed by atoms with Crippen molar-refractivity contribution in [3.63, 3.8) is 0 Å². The number of benzene rings is 2. The van der Waals surface area contributed by atoms with Gasteiger partial charge in [0.2, 0.25) is 0 Å². The van der Waals surface area contributed by atoms with E-state index in [2.05, 4.69) is 57.1 Å². The van der Waals surface area contributed by atoms with Crippen LogP contribution < -0.4 is 4.90 Å². The summed E-state index contributed by atoms with van der Waals surface area (Å²) in [6.07, 6.45) is 3.90. The molecule has 0 saturated carbocycles. The Morgan fingerprint density at radius 3 is 2.22 bits per heavy atom. The van der Waals surface area contributed by atoms with Crippen molar-refractivity contribution in [3.05, 3.63) is 77.4 Å². The van der Waals surface area contributed by atoms with Gasteiger partial charge >= 0.3 is 0 Å². The minimum absolute atomic E-state index is 0.206. The molecular formula is C23H28FN3. The molecule has 0 spiro atoms. The lowest BCUT2D eigenvalue weighted by Gasteiger charge is -2.25. The van der Waals surface area contributed by atoms with Gasteiger partial charge in [-0.05, 0) is 41.3 Å². The standard InChI is InChI=1S/C23H28FN3/c1-16(2)17-7-10-20(11-8-17)27-15-19(14-25-27)23(3,4)18-9-12-22(26(5)6)21(24)13-18/h7-16H,1-6H3. The Morgan fingerprint density at radius 2 is 1.67 bits per heavy atom. The van der Waals surface area contributed by atoms with E-state index in [4.69, 9.17) is 0 Å². The van der Waals surface area contributed by atoms with Gasteiger partial charge in [-0.25, -0.2) is 9.07 Å². The van der Waals surface area contributed by atoms with Crippen molar-refractivity contribution in [3.8, 4) is 5.69 Å². The molecule has 0 N–H and O–H groups in total. The zero-order valence-corrected chi connectivity index (χ0v) is 17.0. The number of halogens is 1. The molecule has 3 aromatic rings. The zero-order chi connectivity index (χ0) is 19.8. The molecule has 4 heteroatoms. The Bertz CT molecular complexity index is 921. The highest BCUT2D eigenvalue weighted by atomic mass is 19.1. The number of nitrogens with zero attached hydrogens (tertiary/aromatic N) is 3. The maximum atomic E-state index is 14.5. The van der Waals surface area contributed by atoms with E-state index in [1.54, 1.807) is 11.0 Å². The van der Waals surface area contributed by atoms with Crippen LogP contribution in [0.5, 0.6) is 0 Å². The monoisotopic (exact) mass is 365 g/mol. The smallest absolute Gasteiger partial charge is 0.146 e. The Hall–Kier alpha value is -2.62. The van der Waals surface area contributed by atoms with Gasteiger partial charge in [0.1, 0.15) is 5.82 Å². The molecule has 0 aliphatic carbocycles. The molecule has 0 radical (unpaired) electrons. The number of aromatic nitrogens is 2. The van der Waals surface area contributed by atoms with Crippen LogP contribution in [0.2, 0.25) is 0 Å². The Morgan fingerprint density at radius 1 is 1.00 bits per heavy atom. The normalized spacial score (nSPS) is 11.9. The lowest BCUT2D eigenvalue weighted by molar-refractivity contribution is 0.600. The van der Waals surface area contributed by atoms with Crippen molar-refractivity contribution in [1.82, 2.24) is 9.78 Å². The molecule has 0 saturated heterocycles. The predicted octanol–water partition coefficient (Wildman–Crippen LogP) is 5.53. The van der Waals surface area contributed by atoms with Crippen LogP contribution in [-0.4, -0.2) is 23.9 Å². The average Bonchev–Trinajstić information content (AvgIpc) is 3.12. The number of anilines is 1. The Balaban J connectivity index is 1.91. The third-order valence-electron chi connectivity index (χ3n) is 5.28. The van der Waals surface area contributed by atoms with Crippen LogP contribution in [0.3, 0.4) is 0 Å². The zero-order valence-electron chi connectivity index (χ0n) is 17.0. The molecule has 3 rings (SSSR count). The van der Waals surface area contributed by atoms with E-state index < -0.39 is 0 Å². The van der Waals surface area contributed by atoms with E-state index in [1.165, 1.54) is 5.56 Å². The van der Waals surface area contributed by atoms with Gasteiger partial charge in [0.15, 0.2) is 0 Å². The third-order valence-corrected chi connectivity index (χ3v) is 5.28. The predicted molar refractivity (Wildman–Crippen MR) is 111 cm³/mol. The topological polar surface area (TPSA) is 21.1 Å². The molecule has 2 aromatic carbocycles. The number of hydrogen-bond donors (Lipinski definition) is 0. The largest absolute Gasteiger partial charge is 0.375 e. The first-order chi connectivity index (χ1) is 12.7. The maximum Gasteiger partial charge on any atom is 0.146 e. The fourth-order valence-corrected chi connectivity index (χ4v) is 3.22. The minimum atomic E-state index is -0.345. The van der Waals surface area contributed by atoms with E-state index in [-0.39, 0.29) is 11.2 Å². The van der Waals surface area contributed by atoms with Gasteiger partial charge in [-0.1, -0.05) is 45.9 Å². The van der Waals surface area contributed by atoms with Crippen LogP contribution in [0.1, 0.15) is 50.3 Å². The molecule has 0 amide bonds. The van der Waals surface area contributed by atoms with Gasteiger partial charge in [0.05, 0.1) is 17.6 Å². The summed E-state index contributed by atoms with van der Waals surface area (Å²) in [4.78, 5) is 1.78. The van der Waals surface area contributed by atoms with Crippen molar-refractivity contribution in [2.45, 2.75) is 39.0 Å². The highest BCUT2D eigenvalue weighted by Crippen LogP contribution is 2.33. The summed E-state index contributed by atoms with van der Waals surface area (Å²) in [5.74, 6) is 0.299. The van der Waals surface area contributed by atoms with Crippen LogP contribution in [0, 0.1) is 5.82 Å². The SMILES string of the molecule is CC(C)c1ccc(-n2cc(C(C)(C)c3ccc(N(C)C)c(F)c3)cn2)cc1. The minimum Gasteiger partial charge on any atom is -0.375 e. The van der Waals surface area contributed by atoms with Gasteiger partial charge < -0.3 is 4.90 Å². The molecule has 0 aliphatic rings. The second kappa shape index (κ2) is 7.18. The second-order valence-electron chi connectivity index (χ2n) is 8.11. The molecule has 0 fully saturated rings. The van der Waals surface area contributed by atoms with Gasteiger partial charge in [-0.2, -0.15) is 5.10 Å². The van der Waals surface area contributed by atoms with Crippen molar-refractivity contribution < 1.29 is 4.39 Å². The van der Waals surface area contributed by atoms with Crippen LogP contribution in [-0.2, 0) is 5.41 Å². The molecule has 0 bridgehead atoms. The first-order valence-electron chi connectivity index (χ1n) is 9.33. The van der Waals surface area contributed by atoms with Crippen molar-refractivity contribution in [2.75, 3.05) is 19.0 Å². The van der Waals surface area contributed by atoms with Gasteiger partial charge in [-0.3, -0.25) is 0 Å². The van der Waals surface area contributed by atoms with E-state index in [1.807, 2.05) is 43.3 Å². The highest BCUT2D eigenvalue weighted by molar-refractivity contribution is 5.50. The third kappa shape index (κ3) is 3.75. The second-order valence-corrected chi connectivity index (χ2v) is 8.11. The summed E-state index contributed by atoms with van der Waals surface area (Å²) < 4.78 is 16.3. The summed E-state index contributed by atoms with van der Waals surface area (Å²) in [6.45, 7) is 8.56. The Kier molecular flexibility index (Phi) is 5.09. The molecule has 3 nitrogen and oxygen atoms in total. The summed E-state index contributed by atoms with van der Waals surface area (Å²) in [5, 5.41) is 4.54. The van der Waals surface area contributed by atoms with Crippen LogP contribution >= 0.6 is 0 Å². The molecule has 142 valence electrons. The fourth-order valence-electron chi connectivity index (χ4n) is 3.22.